The Morgan fingerprint density at radius 2 is 2.35 bits per heavy atom. The molecule has 2 N–H and O–H groups in total. The number of rotatable bonds is 6. The Morgan fingerprint density at radius 3 is 3.00 bits per heavy atom. The summed E-state index contributed by atoms with van der Waals surface area (Å²) in [6.45, 7) is 2.34. The number of amides is 1. The second kappa shape index (κ2) is 7.54. The van der Waals surface area contributed by atoms with Gasteiger partial charge in [-0.05, 0) is 0 Å². The molecule has 17 heavy (non-hydrogen) atoms. The molecule has 0 saturated carbocycles. The molecule has 6 nitrogen and oxygen atoms in total. The number of nitrogens with two attached hydrogens (primary N) is 1. The van der Waals surface area contributed by atoms with Gasteiger partial charge in [0.15, 0.2) is 0 Å². The summed E-state index contributed by atoms with van der Waals surface area (Å²) in [5, 5.41) is 0. The lowest BCUT2D eigenvalue weighted by atomic mass is 10.2. The van der Waals surface area contributed by atoms with E-state index < -0.39 is 0 Å². The van der Waals surface area contributed by atoms with Crippen LogP contribution in [-0.4, -0.2) is 68.5 Å². The maximum atomic E-state index is 11.7. The van der Waals surface area contributed by atoms with E-state index >= 15 is 0 Å². The SMILES string of the molecule is COCCOCC(=O)N1CCOC(C(N)=S)C1. The van der Waals surface area contributed by atoms with Crippen LogP contribution in [0.15, 0.2) is 0 Å². The number of carbonyl (C=O) groups excluding carboxylic acids is 1. The van der Waals surface area contributed by atoms with Gasteiger partial charge in [0.25, 0.3) is 0 Å². The fourth-order valence-electron chi connectivity index (χ4n) is 1.44. The minimum Gasteiger partial charge on any atom is -0.391 e. The van der Waals surface area contributed by atoms with Crippen LogP contribution in [0.2, 0.25) is 0 Å². The Bertz CT molecular complexity index is 275. The largest absolute Gasteiger partial charge is 0.391 e. The van der Waals surface area contributed by atoms with E-state index in [0.717, 1.165) is 0 Å². The number of hydrogen-bond acceptors (Lipinski definition) is 5. The number of hydrogen-bond donors (Lipinski definition) is 1. The van der Waals surface area contributed by atoms with Gasteiger partial charge in [-0.1, -0.05) is 12.2 Å². The first kappa shape index (κ1) is 14.3. The lowest BCUT2D eigenvalue weighted by molar-refractivity contribution is -0.141. The first-order valence-corrected chi connectivity index (χ1v) is 5.81. The quantitative estimate of drug-likeness (QED) is 0.497. The van der Waals surface area contributed by atoms with Crippen LogP contribution in [0.5, 0.6) is 0 Å². The summed E-state index contributed by atoms with van der Waals surface area (Å²) in [5.74, 6) is -0.0781. The van der Waals surface area contributed by atoms with Crippen molar-refractivity contribution in [1.82, 2.24) is 4.90 Å². The van der Waals surface area contributed by atoms with E-state index in [1.54, 1.807) is 12.0 Å². The number of morpholine rings is 1. The lowest BCUT2D eigenvalue weighted by Gasteiger charge is -2.32. The third-order valence-electron chi connectivity index (χ3n) is 2.39. The van der Waals surface area contributed by atoms with Crippen molar-refractivity contribution >= 4 is 23.1 Å². The molecule has 0 aromatic rings. The fourth-order valence-corrected chi connectivity index (χ4v) is 1.58. The Kier molecular flexibility index (Phi) is 6.35. The Hall–Kier alpha value is -0.760. The topological polar surface area (TPSA) is 74.0 Å². The number of methoxy groups -OCH3 is 1. The standard InChI is InChI=1S/C10H18N2O4S/c1-14-4-5-15-7-9(13)12-2-3-16-8(6-12)10(11)17/h8H,2-7H2,1H3,(H2,11,17). The molecule has 1 rings (SSSR count). The highest BCUT2D eigenvalue weighted by molar-refractivity contribution is 7.80. The van der Waals surface area contributed by atoms with E-state index in [4.69, 9.17) is 32.2 Å². The van der Waals surface area contributed by atoms with Crippen molar-refractivity contribution in [1.29, 1.82) is 0 Å². The lowest BCUT2D eigenvalue weighted by Crippen LogP contribution is -2.50. The van der Waals surface area contributed by atoms with Crippen molar-refractivity contribution in [2.45, 2.75) is 6.10 Å². The summed E-state index contributed by atoms with van der Waals surface area (Å²) in [5.41, 5.74) is 5.49. The molecule has 0 aromatic carbocycles. The van der Waals surface area contributed by atoms with Gasteiger partial charge in [-0.3, -0.25) is 4.79 Å². The van der Waals surface area contributed by atoms with Crippen LogP contribution in [0.3, 0.4) is 0 Å². The number of carbonyl (C=O) groups is 1. The second-order valence-electron chi connectivity index (χ2n) is 3.65. The second-order valence-corrected chi connectivity index (χ2v) is 4.12. The third-order valence-corrected chi connectivity index (χ3v) is 2.66. The maximum absolute atomic E-state index is 11.7. The molecule has 0 aromatic heterocycles. The molecule has 0 radical (unpaired) electrons. The average Bonchev–Trinajstić information content (AvgIpc) is 2.34. The highest BCUT2D eigenvalue weighted by Gasteiger charge is 2.25. The van der Waals surface area contributed by atoms with Gasteiger partial charge in [-0.2, -0.15) is 0 Å². The predicted molar refractivity (Wildman–Crippen MR) is 65.8 cm³/mol. The summed E-state index contributed by atoms with van der Waals surface area (Å²) < 4.78 is 15.3. The van der Waals surface area contributed by atoms with Gasteiger partial charge in [0, 0.05) is 13.7 Å². The van der Waals surface area contributed by atoms with Crippen molar-refractivity contribution in [3.05, 3.63) is 0 Å². The summed E-state index contributed by atoms with van der Waals surface area (Å²) >= 11 is 4.84. The number of nitrogens with zero attached hydrogens (tertiary/aromatic N) is 1. The zero-order valence-corrected chi connectivity index (χ0v) is 10.7. The molecule has 0 bridgehead atoms. The first-order chi connectivity index (χ1) is 8.15. The minimum absolute atomic E-state index is 0.0490. The third kappa shape index (κ3) is 4.95. The molecule has 1 amide bonds. The highest BCUT2D eigenvalue weighted by atomic mass is 32.1. The van der Waals surface area contributed by atoms with Gasteiger partial charge in [-0.15, -0.1) is 0 Å². The van der Waals surface area contributed by atoms with E-state index in [1.165, 1.54) is 0 Å². The van der Waals surface area contributed by atoms with Crippen molar-refractivity contribution in [2.24, 2.45) is 5.73 Å². The highest BCUT2D eigenvalue weighted by Crippen LogP contribution is 2.06. The zero-order chi connectivity index (χ0) is 12.7. The summed E-state index contributed by atoms with van der Waals surface area (Å²) in [6, 6.07) is 0. The fraction of sp³-hybridized carbons (Fsp3) is 0.800. The van der Waals surface area contributed by atoms with Gasteiger partial charge >= 0.3 is 0 Å². The molecule has 1 unspecified atom stereocenters. The molecule has 1 heterocycles. The summed E-state index contributed by atoms with van der Waals surface area (Å²) in [4.78, 5) is 13.7. The zero-order valence-electron chi connectivity index (χ0n) is 9.89. The molecule has 1 aliphatic heterocycles. The smallest absolute Gasteiger partial charge is 0.248 e. The van der Waals surface area contributed by atoms with E-state index in [0.29, 0.717) is 32.9 Å². The van der Waals surface area contributed by atoms with Gasteiger partial charge in [-0.25, -0.2) is 0 Å². The molecule has 98 valence electrons. The molecule has 7 heteroatoms. The van der Waals surface area contributed by atoms with E-state index in [2.05, 4.69) is 0 Å². The predicted octanol–water partition coefficient (Wildman–Crippen LogP) is -0.837. The summed E-state index contributed by atoms with van der Waals surface area (Å²) in [7, 11) is 1.58. The molecule has 0 aliphatic carbocycles. The van der Waals surface area contributed by atoms with Crippen LogP contribution in [0, 0.1) is 0 Å². The molecule has 1 atom stereocenters. The van der Waals surface area contributed by atoms with Crippen molar-refractivity contribution in [3.8, 4) is 0 Å². The Balaban J connectivity index is 2.28. The monoisotopic (exact) mass is 262 g/mol. The van der Waals surface area contributed by atoms with Gasteiger partial charge in [0.2, 0.25) is 5.91 Å². The van der Waals surface area contributed by atoms with Crippen LogP contribution in [0.25, 0.3) is 0 Å². The van der Waals surface area contributed by atoms with Gasteiger partial charge in [0.05, 0.1) is 26.4 Å². The number of ether oxygens (including phenoxy) is 3. The van der Waals surface area contributed by atoms with Gasteiger partial charge < -0.3 is 24.8 Å². The molecular weight excluding hydrogens is 244 g/mol. The summed E-state index contributed by atoms with van der Waals surface area (Å²) in [6.07, 6.45) is -0.346. The average molecular weight is 262 g/mol. The molecular formula is C10H18N2O4S. The maximum Gasteiger partial charge on any atom is 0.248 e. The molecule has 0 spiro atoms. The number of thiocarbonyl (C=S) groups is 1. The first-order valence-electron chi connectivity index (χ1n) is 5.40. The minimum atomic E-state index is -0.346. The van der Waals surface area contributed by atoms with E-state index in [9.17, 15) is 4.79 Å². The van der Waals surface area contributed by atoms with E-state index in [1.807, 2.05) is 0 Å². The van der Waals surface area contributed by atoms with Gasteiger partial charge in [0.1, 0.15) is 17.7 Å². The molecule has 1 aliphatic rings. The molecule has 1 saturated heterocycles. The van der Waals surface area contributed by atoms with E-state index in [-0.39, 0.29) is 23.6 Å². The van der Waals surface area contributed by atoms with Crippen molar-refractivity contribution in [3.63, 3.8) is 0 Å². The van der Waals surface area contributed by atoms with Crippen LogP contribution in [0.1, 0.15) is 0 Å². The normalized spacial score (nSPS) is 20.3. The van der Waals surface area contributed by atoms with Crippen LogP contribution in [0.4, 0.5) is 0 Å². The van der Waals surface area contributed by atoms with Crippen LogP contribution >= 0.6 is 12.2 Å². The Morgan fingerprint density at radius 1 is 1.59 bits per heavy atom. The van der Waals surface area contributed by atoms with Crippen molar-refractivity contribution in [2.75, 3.05) is 46.6 Å². The van der Waals surface area contributed by atoms with Crippen LogP contribution < -0.4 is 5.73 Å². The van der Waals surface area contributed by atoms with Crippen LogP contribution in [-0.2, 0) is 19.0 Å². The van der Waals surface area contributed by atoms with Crippen molar-refractivity contribution < 1.29 is 19.0 Å². The Labute approximate surface area is 106 Å². The molecule has 1 fully saturated rings.